The summed E-state index contributed by atoms with van der Waals surface area (Å²) in [4.78, 5) is 43.8. The van der Waals surface area contributed by atoms with Gasteiger partial charge in [-0.1, -0.05) is 110 Å². The average molecular weight is 907 g/mol. The molecule has 2 N–H and O–H groups in total. The number of aliphatic hydroxyl groups excluding tert-OH is 2. The predicted molar refractivity (Wildman–Crippen MR) is 256 cm³/mol. The van der Waals surface area contributed by atoms with Crippen LogP contribution in [-0.4, -0.2) is 54.2 Å². The number of carbonyl (C=O) groups excluding carboxylic acids is 2. The topological polar surface area (TPSA) is 142 Å². The molecule has 5 aliphatic rings. The fourth-order valence-electron chi connectivity index (χ4n) is 11.3. The SMILES string of the molecule is COCCc1c(CO)c2ccc3c(c2oc1=O)[C@H]1OC(=O)C[C@H]2C[C@H](c4cccc(Cc5ccccc5)c4)C=C[C@H]2c2ccc(cc2)CC/C(=C(\C)CO)C(=O)O[C@@H]1[C@](C)(C1CCCCC1)O3. The Kier molecular flexibility index (Phi) is 14.0. The van der Waals surface area contributed by atoms with Gasteiger partial charge < -0.3 is 33.6 Å². The number of aryl methyl sites for hydroxylation is 1. The van der Waals surface area contributed by atoms with Crippen molar-refractivity contribution in [3.05, 3.63) is 169 Å². The van der Waals surface area contributed by atoms with Crippen LogP contribution in [-0.2, 0) is 49.7 Å². The van der Waals surface area contributed by atoms with Gasteiger partial charge in [0.25, 0.3) is 0 Å². The molecule has 0 spiro atoms. The van der Waals surface area contributed by atoms with Gasteiger partial charge in [-0.05, 0) is 109 Å². The minimum absolute atomic E-state index is 0.0455. The Morgan fingerprint density at radius 1 is 0.821 bits per heavy atom. The molecule has 10 rings (SSSR count). The third kappa shape index (κ3) is 9.54. The van der Waals surface area contributed by atoms with Crippen LogP contribution >= 0.6 is 0 Å². The number of benzene rings is 4. The molecule has 0 amide bonds. The van der Waals surface area contributed by atoms with Crippen molar-refractivity contribution in [2.75, 3.05) is 20.3 Å². The number of allylic oxidation sites excluding steroid dienone is 2. The minimum atomic E-state index is -1.26. The van der Waals surface area contributed by atoms with Gasteiger partial charge in [-0.2, -0.15) is 0 Å². The van der Waals surface area contributed by atoms with E-state index in [0.29, 0.717) is 47.1 Å². The van der Waals surface area contributed by atoms with E-state index in [0.717, 1.165) is 49.7 Å². The van der Waals surface area contributed by atoms with Gasteiger partial charge in [-0.25, -0.2) is 9.59 Å². The number of aliphatic hydroxyl groups is 2. The van der Waals surface area contributed by atoms with E-state index < -0.39 is 42.0 Å². The number of carbonyl (C=O) groups is 2. The fourth-order valence-corrected chi connectivity index (χ4v) is 11.3. The van der Waals surface area contributed by atoms with Crippen LogP contribution in [0.1, 0.15) is 128 Å². The van der Waals surface area contributed by atoms with Crippen LogP contribution < -0.4 is 10.4 Å². The van der Waals surface area contributed by atoms with Crippen molar-refractivity contribution in [2.45, 2.75) is 121 Å². The molecule has 0 unspecified atom stereocenters. The molecular weight excluding hydrogens is 845 g/mol. The summed E-state index contributed by atoms with van der Waals surface area (Å²) >= 11 is 0. The van der Waals surface area contributed by atoms with Crippen LogP contribution in [0.25, 0.3) is 11.0 Å². The van der Waals surface area contributed by atoms with E-state index >= 15 is 4.79 Å². The van der Waals surface area contributed by atoms with Gasteiger partial charge in [-0.3, -0.25) is 4.79 Å². The van der Waals surface area contributed by atoms with Crippen LogP contribution in [0.2, 0.25) is 0 Å². The van der Waals surface area contributed by atoms with Gasteiger partial charge >= 0.3 is 17.6 Å². The lowest BCUT2D eigenvalue weighted by atomic mass is 9.71. The Labute approximate surface area is 392 Å². The molecule has 1 fully saturated rings. The third-order valence-electron chi connectivity index (χ3n) is 15.1. The Morgan fingerprint density at radius 3 is 2.34 bits per heavy atom. The van der Waals surface area contributed by atoms with Crippen LogP contribution in [0.5, 0.6) is 5.75 Å². The molecule has 1 saturated carbocycles. The predicted octanol–water partition coefficient (Wildman–Crippen LogP) is 10.1. The van der Waals surface area contributed by atoms with E-state index in [1.54, 1.807) is 26.2 Å². The van der Waals surface area contributed by atoms with E-state index in [1.807, 2.05) is 13.0 Å². The molecule has 1 aromatic heterocycles. The maximum Gasteiger partial charge on any atom is 0.339 e. The van der Waals surface area contributed by atoms with Crippen molar-refractivity contribution in [3.63, 3.8) is 0 Å². The molecule has 10 heteroatoms. The Morgan fingerprint density at radius 2 is 1.60 bits per heavy atom. The lowest BCUT2D eigenvalue weighted by Crippen LogP contribution is -2.58. The van der Waals surface area contributed by atoms with Gasteiger partial charge in [0.2, 0.25) is 0 Å². The standard InChI is InChI=1S/C57H62O10/c1-35(33-58)44-23-19-36-17-20-39(21-18-36)45-24-22-41(40-14-10-13-38(30-40)29-37-11-6-4-7-12-37)31-42(45)32-50(60)64-53-51-49(67-57(2,54(53)66-55(44)61)43-15-8-5-9-16-43)26-25-46-48(34-59)47(27-28-63-3)56(62)65-52(46)51/h4,6-7,10-14,17-18,20-22,24-26,30,41-43,45,53-54,58-59H,5,8-9,15-16,19,23,27-29,31-34H2,1-3H3/b44-35-/t41-,42-,45+,53-,54+,57+/m1/s1. The zero-order valence-corrected chi connectivity index (χ0v) is 38.8. The first-order valence-electron chi connectivity index (χ1n) is 24.1. The van der Waals surface area contributed by atoms with Crippen molar-refractivity contribution >= 4 is 22.9 Å². The van der Waals surface area contributed by atoms with E-state index in [-0.39, 0.29) is 66.4 Å². The van der Waals surface area contributed by atoms with Crippen LogP contribution in [0.15, 0.2) is 124 Å². The second-order valence-electron chi connectivity index (χ2n) is 19.2. The lowest BCUT2D eigenvalue weighted by Gasteiger charge is -2.50. The summed E-state index contributed by atoms with van der Waals surface area (Å²) < 4.78 is 32.1. The maximum atomic E-state index is 15.1. The molecule has 3 aliphatic heterocycles. The molecule has 67 heavy (non-hydrogen) atoms. The average Bonchev–Trinajstić information content (AvgIpc) is 3.34. The van der Waals surface area contributed by atoms with Gasteiger partial charge in [0.05, 0.1) is 25.4 Å². The highest BCUT2D eigenvalue weighted by atomic mass is 16.6. The molecule has 2 bridgehead atoms. The molecule has 4 aromatic carbocycles. The van der Waals surface area contributed by atoms with Crippen molar-refractivity contribution in [1.29, 1.82) is 0 Å². The Balaban J connectivity index is 1.17. The second-order valence-corrected chi connectivity index (χ2v) is 19.2. The summed E-state index contributed by atoms with van der Waals surface area (Å²) in [6.07, 6.45) is 9.26. The molecule has 0 saturated heterocycles. The van der Waals surface area contributed by atoms with Gasteiger partial charge in [-0.15, -0.1) is 0 Å². The molecule has 0 radical (unpaired) electrons. The number of hydrogen-bond acceptors (Lipinski definition) is 10. The minimum Gasteiger partial charge on any atom is -0.483 e. The third-order valence-corrected chi connectivity index (χ3v) is 15.1. The highest BCUT2D eigenvalue weighted by Gasteiger charge is 2.56. The zero-order chi connectivity index (χ0) is 46.7. The molecule has 4 heterocycles. The van der Waals surface area contributed by atoms with Crippen LogP contribution in [0, 0.1) is 11.8 Å². The van der Waals surface area contributed by atoms with Crippen LogP contribution in [0.4, 0.5) is 0 Å². The van der Waals surface area contributed by atoms with Crippen molar-refractivity contribution in [2.24, 2.45) is 11.8 Å². The zero-order valence-electron chi connectivity index (χ0n) is 38.8. The van der Waals surface area contributed by atoms with Gasteiger partial charge in [0.1, 0.15) is 16.9 Å². The highest BCUT2D eigenvalue weighted by molar-refractivity contribution is 5.90. The summed E-state index contributed by atoms with van der Waals surface area (Å²) in [6.45, 7) is 3.11. The Hall–Kier alpha value is -5.81. The monoisotopic (exact) mass is 906 g/mol. The molecule has 2 aliphatic carbocycles. The quantitative estimate of drug-likeness (QED) is 0.0635. The summed E-state index contributed by atoms with van der Waals surface area (Å²) in [5.74, 6) is -1.06. The smallest absolute Gasteiger partial charge is 0.339 e. The van der Waals surface area contributed by atoms with Gasteiger partial charge in [0, 0.05) is 54.2 Å². The molecule has 10 nitrogen and oxygen atoms in total. The normalized spacial score (nSPS) is 25.4. The molecule has 5 aromatic rings. The number of esters is 2. The second kappa shape index (κ2) is 20.2. The molecular formula is C57H62O10. The van der Waals surface area contributed by atoms with E-state index in [2.05, 4.69) is 84.9 Å². The first-order valence-corrected chi connectivity index (χ1v) is 24.1. The summed E-state index contributed by atoms with van der Waals surface area (Å²) in [5.41, 5.74) is 5.78. The molecule has 6 atom stereocenters. The fraction of sp³-hybridized carbons (Fsp3) is 0.421. The highest BCUT2D eigenvalue weighted by Crippen LogP contribution is 2.52. The Bertz CT molecular complexity index is 2710. The van der Waals surface area contributed by atoms with E-state index in [4.69, 9.17) is 23.4 Å². The largest absolute Gasteiger partial charge is 0.483 e. The van der Waals surface area contributed by atoms with Gasteiger partial charge in [0.15, 0.2) is 12.2 Å². The summed E-state index contributed by atoms with van der Waals surface area (Å²) in [6, 6.07) is 31.1. The lowest BCUT2D eigenvalue weighted by molar-refractivity contribution is -0.201. The number of rotatable bonds is 9. The number of fused-ring (bicyclic) bond motifs is 11. The first-order chi connectivity index (χ1) is 32.6. The number of ether oxygens (including phenoxy) is 4. The van der Waals surface area contributed by atoms with Crippen LogP contribution in [0.3, 0.4) is 0 Å². The first kappa shape index (κ1) is 46.3. The van der Waals surface area contributed by atoms with Crippen molar-refractivity contribution < 1.29 is 43.2 Å². The number of methoxy groups -OCH3 is 1. The summed E-state index contributed by atoms with van der Waals surface area (Å²) in [5, 5.41) is 21.7. The van der Waals surface area contributed by atoms with E-state index in [9.17, 15) is 19.8 Å². The molecule has 350 valence electrons. The maximum absolute atomic E-state index is 15.1. The van der Waals surface area contributed by atoms with Crippen molar-refractivity contribution in [1.82, 2.24) is 0 Å². The van der Waals surface area contributed by atoms with Crippen molar-refractivity contribution in [3.8, 4) is 5.75 Å². The number of hydrogen-bond donors (Lipinski definition) is 2. The van der Waals surface area contributed by atoms with E-state index in [1.165, 1.54) is 16.7 Å². The summed E-state index contributed by atoms with van der Waals surface area (Å²) in [7, 11) is 1.54.